The second kappa shape index (κ2) is 8.76. The summed E-state index contributed by atoms with van der Waals surface area (Å²) in [5.41, 5.74) is 1.19. The molecule has 0 heterocycles. The Labute approximate surface area is 152 Å². The molecule has 3 nitrogen and oxygen atoms in total. The van der Waals surface area contributed by atoms with E-state index in [1.165, 1.54) is 0 Å². The first kappa shape index (κ1) is 19.1. The van der Waals surface area contributed by atoms with Crippen molar-refractivity contribution in [1.29, 1.82) is 0 Å². The summed E-state index contributed by atoms with van der Waals surface area (Å²) in [5.74, 6) is -0.244. The SMILES string of the molecule is CCN(C(=S)Nc1cc(F)ccc1F)C(C)Cc1ccc(OC)cc1. The molecule has 2 rings (SSSR count). The molecule has 0 aliphatic carbocycles. The van der Waals surface area contributed by atoms with Gasteiger partial charge < -0.3 is 15.0 Å². The summed E-state index contributed by atoms with van der Waals surface area (Å²) in [4.78, 5) is 1.95. The summed E-state index contributed by atoms with van der Waals surface area (Å²) >= 11 is 5.40. The Bertz CT molecular complexity index is 722. The monoisotopic (exact) mass is 364 g/mol. The first-order chi connectivity index (χ1) is 11.9. The van der Waals surface area contributed by atoms with Gasteiger partial charge >= 0.3 is 0 Å². The van der Waals surface area contributed by atoms with E-state index in [0.29, 0.717) is 11.7 Å². The van der Waals surface area contributed by atoms with Crippen molar-refractivity contribution in [2.75, 3.05) is 19.0 Å². The highest BCUT2D eigenvalue weighted by molar-refractivity contribution is 7.80. The lowest BCUT2D eigenvalue weighted by Gasteiger charge is -2.31. The van der Waals surface area contributed by atoms with E-state index in [4.69, 9.17) is 17.0 Å². The van der Waals surface area contributed by atoms with Gasteiger partial charge in [-0.2, -0.15) is 0 Å². The average Bonchev–Trinajstić information content (AvgIpc) is 2.59. The number of ether oxygens (including phenoxy) is 1. The number of methoxy groups -OCH3 is 1. The second-order valence-electron chi connectivity index (χ2n) is 5.74. The van der Waals surface area contributed by atoms with Crippen molar-refractivity contribution in [3.63, 3.8) is 0 Å². The zero-order chi connectivity index (χ0) is 18.4. The van der Waals surface area contributed by atoms with Crippen LogP contribution in [0.2, 0.25) is 0 Å². The van der Waals surface area contributed by atoms with Crippen LogP contribution in [0.4, 0.5) is 14.5 Å². The normalized spacial score (nSPS) is 11.7. The zero-order valence-corrected chi connectivity index (χ0v) is 15.4. The number of hydrogen-bond donors (Lipinski definition) is 1. The Balaban J connectivity index is 2.05. The van der Waals surface area contributed by atoms with Gasteiger partial charge in [0.2, 0.25) is 0 Å². The van der Waals surface area contributed by atoms with Crippen molar-refractivity contribution in [2.45, 2.75) is 26.3 Å². The Morgan fingerprint density at radius 1 is 1.20 bits per heavy atom. The van der Waals surface area contributed by atoms with Crippen LogP contribution in [0.1, 0.15) is 19.4 Å². The van der Waals surface area contributed by atoms with E-state index in [1.54, 1.807) is 7.11 Å². The quantitative estimate of drug-likeness (QED) is 0.756. The smallest absolute Gasteiger partial charge is 0.173 e. The highest BCUT2D eigenvalue weighted by atomic mass is 32.1. The predicted octanol–water partition coefficient (Wildman–Crippen LogP) is 4.62. The first-order valence-electron chi connectivity index (χ1n) is 8.10. The van der Waals surface area contributed by atoms with Crippen LogP contribution in [0.5, 0.6) is 5.75 Å². The van der Waals surface area contributed by atoms with Crippen LogP contribution in [-0.2, 0) is 6.42 Å². The summed E-state index contributed by atoms with van der Waals surface area (Å²) < 4.78 is 32.3. The van der Waals surface area contributed by atoms with Crippen molar-refractivity contribution < 1.29 is 13.5 Å². The summed E-state index contributed by atoms with van der Waals surface area (Å²) in [7, 11) is 1.63. The lowest BCUT2D eigenvalue weighted by atomic mass is 10.1. The van der Waals surface area contributed by atoms with Crippen LogP contribution >= 0.6 is 12.2 Å². The van der Waals surface area contributed by atoms with Gasteiger partial charge in [-0.1, -0.05) is 12.1 Å². The number of nitrogens with one attached hydrogen (secondary N) is 1. The van der Waals surface area contributed by atoms with Crippen LogP contribution < -0.4 is 10.1 Å². The maximum atomic E-state index is 13.8. The third-order valence-electron chi connectivity index (χ3n) is 3.99. The molecule has 0 spiro atoms. The number of hydrogen-bond acceptors (Lipinski definition) is 2. The van der Waals surface area contributed by atoms with Gasteiger partial charge in [0.15, 0.2) is 5.11 Å². The fourth-order valence-electron chi connectivity index (χ4n) is 2.65. The number of likely N-dealkylation sites (N-methyl/N-ethyl adjacent to an activating group) is 1. The Kier molecular flexibility index (Phi) is 6.70. The average molecular weight is 364 g/mol. The number of nitrogens with zero attached hydrogens (tertiary/aromatic N) is 1. The van der Waals surface area contributed by atoms with Crippen molar-refractivity contribution in [3.8, 4) is 5.75 Å². The van der Waals surface area contributed by atoms with E-state index in [-0.39, 0.29) is 11.7 Å². The molecular formula is C19H22F2N2OS. The van der Waals surface area contributed by atoms with Gasteiger partial charge in [0.1, 0.15) is 17.4 Å². The summed E-state index contributed by atoms with van der Waals surface area (Å²) in [6.07, 6.45) is 0.769. The highest BCUT2D eigenvalue weighted by Crippen LogP contribution is 2.18. The summed E-state index contributed by atoms with van der Waals surface area (Å²) in [5, 5.41) is 3.18. The molecule has 1 N–H and O–H groups in total. The third kappa shape index (κ3) is 5.13. The fraction of sp³-hybridized carbons (Fsp3) is 0.316. The minimum atomic E-state index is -0.539. The molecule has 0 bridgehead atoms. The van der Waals surface area contributed by atoms with Gasteiger partial charge in [0.05, 0.1) is 12.8 Å². The third-order valence-corrected chi connectivity index (χ3v) is 4.33. The minimum absolute atomic E-state index is 0.0418. The molecular weight excluding hydrogens is 342 g/mol. The van der Waals surface area contributed by atoms with E-state index in [2.05, 4.69) is 5.32 Å². The van der Waals surface area contributed by atoms with Gasteiger partial charge in [-0.25, -0.2) is 8.78 Å². The highest BCUT2D eigenvalue weighted by Gasteiger charge is 2.17. The minimum Gasteiger partial charge on any atom is -0.497 e. The van der Waals surface area contributed by atoms with E-state index in [1.807, 2.05) is 43.0 Å². The van der Waals surface area contributed by atoms with Crippen LogP contribution in [-0.4, -0.2) is 29.7 Å². The molecule has 0 amide bonds. The molecule has 2 aromatic rings. The maximum absolute atomic E-state index is 13.8. The molecule has 0 saturated heterocycles. The number of thiocarbonyl (C=S) groups is 1. The summed E-state index contributed by atoms with van der Waals surface area (Å²) in [6.45, 7) is 4.67. The zero-order valence-electron chi connectivity index (χ0n) is 14.6. The largest absolute Gasteiger partial charge is 0.497 e. The molecule has 25 heavy (non-hydrogen) atoms. The maximum Gasteiger partial charge on any atom is 0.173 e. The van der Waals surface area contributed by atoms with E-state index >= 15 is 0 Å². The molecule has 0 radical (unpaired) electrons. The molecule has 0 aliphatic rings. The van der Waals surface area contributed by atoms with E-state index in [0.717, 1.165) is 35.9 Å². The van der Waals surface area contributed by atoms with Crippen LogP contribution in [0.15, 0.2) is 42.5 Å². The molecule has 0 fully saturated rings. The number of rotatable bonds is 6. The second-order valence-corrected chi connectivity index (χ2v) is 6.13. The first-order valence-corrected chi connectivity index (χ1v) is 8.51. The molecule has 1 atom stereocenters. The molecule has 6 heteroatoms. The topological polar surface area (TPSA) is 24.5 Å². The molecule has 0 aliphatic heterocycles. The number of anilines is 1. The van der Waals surface area contributed by atoms with Crippen molar-refractivity contribution in [1.82, 2.24) is 4.90 Å². The van der Waals surface area contributed by atoms with E-state index in [9.17, 15) is 8.78 Å². The van der Waals surface area contributed by atoms with Crippen molar-refractivity contribution in [3.05, 3.63) is 59.7 Å². The Morgan fingerprint density at radius 2 is 1.88 bits per heavy atom. The van der Waals surface area contributed by atoms with Gasteiger partial charge in [-0.05, 0) is 62.3 Å². The standard InChI is InChI=1S/C19H22F2N2OS/c1-4-23(13(2)11-14-5-8-16(24-3)9-6-14)19(25)22-18-12-15(20)7-10-17(18)21/h5-10,12-13H,4,11H2,1-3H3,(H,22,25). The lowest BCUT2D eigenvalue weighted by molar-refractivity contribution is 0.347. The Morgan fingerprint density at radius 3 is 2.48 bits per heavy atom. The summed E-state index contributed by atoms with van der Waals surface area (Å²) in [6, 6.07) is 11.2. The van der Waals surface area contributed by atoms with Gasteiger partial charge in [0.25, 0.3) is 0 Å². The van der Waals surface area contributed by atoms with Crippen LogP contribution in [0.3, 0.4) is 0 Å². The van der Waals surface area contributed by atoms with Gasteiger partial charge in [-0.15, -0.1) is 0 Å². The van der Waals surface area contributed by atoms with Crippen molar-refractivity contribution in [2.24, 2.45) is 0 Å². The van der Waals surface area contributed by atoms with Crippen molar-refractivity contribution >= 4 is 23.0 Å². The molecule has 1 unspecified atom stereocenters. The van der Waals surface area contributed by atoms with Gasteiger partial charge in [0, 0.05) is 18.7 Å². The number of halogens is 2. The molecule has 0 saturated carbocycles. The molecule has 134 valence electrons. The fourth-order valence-corrected chi connectivity index (χ4v) is 3.07. The van der Waals surface area contributed by atoms with E-state index < -0.39 is 11.6 Å². The van der Waals surface area contributed by atoms with Gasteiger partial charge in [-0.3, -0.25) is 0 Å². The molecule has 0 aromatic heterocycles. The Hall–Kier alpha value is -2.21. The molecule has 2 aromatic carbocycles. The predicted molar refractivity (Wildman–Crippen MR) is 101 cm³/mol. The number of benzene rings is 2. The van der Waals surface area contributed by atoms with Crippen LogP contribution in [0.25, 0.3) is 0 Å². The lowest BCUT2D eigenvalue weighted by Crippen LogP contribution is -2.42. The van der Waals surface area contributed by atoms with Crippen LogP contribution in [0, 0.1) is 11.6 Å².